The number of ether oxygens (including phenoxy) is 1. The lowest BCUT2D eigenvalue weighted by atomic mass is 10.0. The first kappa shape index (κ1) is 19.7. The molecule has 0 aliphatic carbocycles. The van der Waals surface area contributed by atoms with Crippen LogP contribution in [0.25, 0.3) is 11.1 Å². The van der Waals surface area contributed by atoms with Gasteiger partial charge in [-0.25, -0.2) is 9.18 Å². The van der Waals surface area contributed by atoms with E-state index in [-0.39, 0.29) is 5.75 Å². The van der Waals surface area contributed by atoms with Crippen molar-refractivity contribution in [2.45, 2.75) is 13.5 Å². The molecule has 0 radical (unpaired) electrons. The third-order valence-corrected chi connectivity index (χ3v) is 4.45. The molecule has 4 nitrogen and oxygen atoms in total. The molecule has 0 atom stereocenters. The summed E-state index contributed by atoms with van der Waals surface area (Å²) in [6.45, 7) is 1.90. The van der Waals surface area contributed by atoms with Gasteiger partial charge in [0.25, 0.3) is 0 Å². The zero-order valence-corrected chi connectivity index (χ0v) is 16.0. The van der Waals surface area contributed by atoms with Gasteiger partial charge in [0.1, 0.15) is 0 Å². The van der Waals surface area contributed by atoms with Crippen LogP contribution >= 0.6 is 11.6 Å². The summed E-state index contributed by atoms with van der Waals surface area (Å²) in [4.78, 5) is 10.5. The largest absolute Gasteiger partial charge is 0.479 e. The van der Waals surface area contributed by atoms with Crippen LogP contribution in [0.15, 0.2) is 60.7 Å². The van der Waals surface area contributed by atoms with Crippen LogP contribution in [0, 0.1) is 12.7 Å². The Morgan fingerprint density at radius 2 is 1.96 bits per heavy atom. The van der Waals surface area contributed by atoms with Gasteiger partial charge >= 0.3 is 5.97 Å². The molecule has 3 aromatic carbocycles. The molecule has 0 saturated heterocycles. The maximum atomic E-state index is 14.0. The fourth-order valence-corrected chi connectivity index (χ4v) is 3.12. The summed E-state index contributed by atoms with van der Waals surface area (Å²) in [7, 11) is 0. The highest BCUT2D eigenvalue weighted by Crippen LogP contribution is 2.29. The Kier molecular flexibility index (Phi) is 6.16. The van der Waals surface area contributed by atoms with E-state index in [1.165, 1.54) is 12.1 Å². The van der Waals surface area contributed by atoms with Crippen molar-refractivity contribution in [1.82, 2.24) is 0 Å². The van der Waals surface area contributed by atoms with Crippen LogP contribution in [-0.4, -0.2) is 17.7 Å². The second kappa shape index (κ2) is 8.76. The summed E-state index contributed by atoms with van der Waals surface area (Å²) in [6, 6.07) is 18.2. The predicted molar refractivity (Wildman–Crippen MR) is 108 cm³/mol. The Labute approximate surface area is 167 Å². The number of nitrogens with one attached hydrogen (secondary N) is 1. The highest BCUT2D eigenvalue weighted by atomic mass is 35.5. The van der Waals surface area contributed by atoms with Gasteiger partial charge in [-0.3, -0.25) is 0 Å². The van der Waals surface area contributed by atoms with E-state index in [4.69, 9.17) is 21.4 Å². The molecule has 0 spiro atoms. The first-order valence-corrected chi connectivity index (χ1v) is 9.03. The number of benzene rings is 3. The number of aryl methyl sites for hydroxylation is 1. The minimum Gasteiger partial charge on any atom is -0.479 e. The second-order valence-corrected chi connectivity index (χ2v) is 6.77. The lowest BCUT2D eigenvalue weighted by Gasteiger charge is -2.11. The average molecular weight is 400 g/mol. The number of carboxylic acid groups (broad SMARTS) is 1. The predicted octanol–water partition coefficient (Wildman–Crippen LogP) is 5.53. The SMILES string of the molecule is Cc1ccc(-c2cccc(CNc3ccc(OCC(=O)O)c(F)c3)c2)c(Cl)c1. The first-order chi connectivity index (χ1) is 13.4. The number of hydrogen-bond donors (Lipinski definition) is 2. The summed E-state index contributed by atoms with van der Waals surface area (Å²) in [5.74, 6) is -1.87. The van der Waals surface area contributed by atoms with Gasteiger partial charge in [-0.05, 0) is 47.9 Å². The van der Waals surface area contributed by atoms with Gasteiger partial charge in [-0.2, -0.15) is 0 Å². The summed E-state index contributed by atoms with van der Waals surface area (Å²) < 4.78 is 18.9. The zero-order chi connectivity index (χ0) is 20.1. The number of hydrogen-bond acceptors (Lipinski definition) is 3. The van der Waals surface area contributed by atoms with Crippen molar-refractivity contribution in [3.63, 3.8) is 0 Å². The van der Waals surface area contributed by atoms with Crippen molar-refractivity contribution >= 4 is 23.3 Å². The van der Waals surface area contributed by atoms with E-state index in [1.807, 2.05) is 49.4 Å². The summed E-state index contributed by atoms with van der Waals surface area (Å²) >= 11 is 6.36. The maximum absolute atomic E-state index is 14.0. The van der Waals surface area contributed by atoms with Gasteiger partial charge in [0.05, 0.1) is 0 Å². The Hall–Kier alpha value is -3.05. The molecule has 144 valence electrons. The molecule has 2 N–H and O–H groups in total. The van der Waals surface area contributed by atoms with E-state index in [2.05, 4.69) is 5.32 Å². The minimum absolute atomic E-state index is 0.0936. The van der Waals surface area contributed by atoms with Gasteiger partial charge in [0.15, 0.2) is 18.2 Å². The Morgan fingerprint density at radius 3 is 2.68 bits per heavy atom. The van der Waals surface area contributed by atoms with Crippen LogP contribution in [0.4, 0.5) is 10.1 Å². The first-order valence-electron chi connectivity index (χ1n) is 8.66. The molecule has 3 aromatic rings. The maximum Gasteiger partial charge on any atom is 0.341 e. The second-order valence-electron chi connectivity index (χ2n) is 6.36. The number of rotatable bonds is 7. The van der Waals surface area contributed by atoms with Crippen LogP contribution in [0.1, 0.15) is 11.1 Å². The van der Waals surface area contributed by atoms with Crippen molar-refractivity contribution in [2.75, 3.05) is 11.9 Å². The molecule has 0 heterocycles. The van der Waals surface area contributed by atoms with Gasteiger partial charge in [0, 0.05) is 28.9 Å². The zero-order valence-electron chi connectivity index (χ0n) is 15.2. The Morgan fingerprint density at radius 1 is 1.14 bits per heavy atom. The van der Waals surface area contributed by atoms with E-state index in [0.29, 0.717) is 17.3 Å². The fourth-order valence-electron chi connectivity index (χ4n) is 2.77. The van der Waals surface area contributed by atoms with Crippen LogP contribution < -0.4 is 10.1 Å². The average Bonchev–Trinajstić information content (AvgIpc) is 2.65. The number of carbonyl (C=O) groups is 1. The van der Waals surface area contributed by atoms with Crippen molar-refractivity contribution in [3.05, 3.63) is 82.6 Å². The van der Waals surface area contributed by atoms with E-state index in [1.54, 1.807) is 6.07 Å². The lowest BCUT2D eigenvalue weighted by Crippen LogP contribution is -2.10. The van der Waals surface area contributed by atoms with Gasteiger partial charge in [0.2, 0.25) is 0 Å². The van der Waals surface area contributed by atoms with Crippen molar-refractivity contribution in [2.24, 2.45) is 0 Å². The quantitative estimate of drug-likeness (QED) is 0.548. The molecule has 0 amide bonds. The van der Waals surface area contributed by atoms with E-state index in [9.17, 15) is 9.18 Å². The molecule has 6 heteroatoms. The van der Waals surface area contributed by atoms with Crippen LogP contribution in [-0.2, 0) is 11.3 Å². The van der Waals surface area contributed by atoms with E-state index < -0.39 is 18.4 Å². The number of carboxylic acids is 1. The monoisotopic (exact) mass is 399 g/mol. The lowest BCUT2D eigenvalue weighted by molar-refractivity contribution is -0.139. The molecule has 0 aromatic heterocycles. The van der Waals surface area contributed by atoms with Crippen LogP contribution in [0.5, 0.6) is 5.75 Å². The standard InChI is InChI=1S/C22H19ClFNO3/c1-14-5-7-18(19(23)9-14)16-4-2-3-15(10-16)12-25-17-6-8-21(20(24)11-17)28-13-22(26)27/h2-11,25H,12-13H2,1H3,(H,26,27). The molecule has 3 rings (SSSR count). The number of anilines is 1. The third-order valence-electron chi connectivity index (χ3n) is 4.14. The molecular weight excluding hydrogens is 381 g/mol. The van der Waals surface area contributed by atoms with Crippen molar-refractivity contribution in [3.8, 4) is 16.9 Å². The Bertz CT molecular complexity index is 1010. The van der Waals surface area contributed by atoms with Gasteiger partial charge in [-0.1, -0.05) is 41.9 Å². The molecule has 28 heavy (non-hydrogen) atoms. The topological polar surface area (TPSA) is 58.6 Å². The van der Waals surface area contributed by atoms with Crippen molar-refractivity contribution < 1.29 is 19.0 Å². The minimum atomic E-state index is -1.16. The summed E-state index contributed by atoms with van der Waals surface area (Å²) in [5.41, 5.74) is 4.65. The normalized spacial score (nSPS) is 10.5. The van der Waals surface area contributed by atoms with Crippen LogP contribution in [0.3, 0.4) is 0 Å². The van der Waals surface area contributed by atoms with E-state index in [0.717, 1.165) is 22.3 Å². The van der Waals surface area contributed by atoms with Crippen LogP contribution in [0.2, 0.25) is 5.02 Å². The van der Waals surface area contributed by atoms with E-state index >= 15 is 0 Å². The van der Waals surface area contributed by atoms with Crippen molar-refractivity contribution in [1.29, 1.82) is 0 Å². The number of halogens is 2. The molecule has 0 aliphatic heterocycles. The Balaban J connectivity index is 1.70. The highest BCUT2D eigenvalue weighted by molar-refractivity contribution is 6.33. The molecule has 0 bridgehead atoms. The molecular formula is C22H19ClFNO3. The molecule has 0 saturated carbocycles. The van der Waals surface area contributed by atoms with Gasteiger partial charge in [-0.15, -0.1) is 0 Å². The highest BCUT2D eigenvalue weighted by Gasteiger charge is 2.08. The summed E-state index contributed by atoms with van der Waals surface area (Å²) in [5, 5.41) is 12.4. The molecule has 0 aliphatic rings. The fraction of sp³-hybridized carbons (Fsp3) is 0.136. The molecule has 0 fully saturated rings. The summed E-state index contributed by atoms with van der Waals surface area (Å²) in [6.07, 6.45) is 0. The number of aliphatic carboxylic acids is 1. The molecule has 0 unspecified atom stereocenters. The smallest absolute Gasteiger partial charge is 0.341 e. The van der Waals surface area contributed by atoms with Gasteiger partial charge < -0.3 is 15.2 Å². The third kappa shape index (κ3) is 5.02.